The molecule has 3 nitrogen and oxygen atoms in total. The largest absolute Gasteiger partial charge is 0.393 e. The summed E-state index contributed by atoms with van der Waals surface area (Å²) < 4.78 is 9.92. The molecule has 0 aromatic heterocycles. The highest BCUT2D eigenvalue weighted by Crippen LogP contribution is 2.08. The zero-order chi connectivity index (χ0) is 6.69. The van der Waals surface area contributed by atoms with Gasteiger partial charge in [-0.25, -0.2) is 0 Å². The maximum atomic E-state index is 9.02. The minimum Gasteiger partial charge on any atom is -0.393 e. The Morgan fingerprint density at radius 1 is 1.44 bits per heavy atom. The summed E-state index contributed by atoms with van der Waals surface area (Å²) in [4.78, 5) is 0. The first-order chi connectivity index (χ1) is 4.30. The van der Waals surface area contributed by atoms with Crippen LogP contribution in [0.5, 0.6) is 0 Å². The molecule has 9 heavy (non-hydrogen) atoms. The van der Waals surface area contributed by atoms with Crippen molar-refractivity contribution in [3.05, 3.63) is 0 Å². The van der Waals surface area contributed by atoms with Gasteiger partial charge in [-0.3, -0.25) is 0 Å². The molecule has 1 aliphatic rings. The Labute approximate surface area is 54.6 Å². The van der Waals surface area contributed by atoms with Gasteiger partial charge >= 0.3 is 0 Å². The van der Waals surface area contributed by atoms with Gasteiger partial charge in [0, 0.05) is 5.92 Å². The van der Waals surface area contributed by atoms with Crippen molar-refractivity contribution in [1.29, 1.82) is 0 Å². The van der Waals surface area contributed by atoms with Crippen molar-refractivity contribution in [3.8, 4) is 0 Å². The van der Waals surface area contributed by atoms with Crippen LogP contribution < -0.4 is 0 Å². The quantitative estimate of drug-likeness (QED) is 0.545. The van der Waals surface area contributed by atoms with E-state index in [2.05, 4.69) is 0 Å². The van der Waals surface area contributed by atoms with Crippen LogP contribution >= 0.6 is 0 Å². The van der Waals surface area contributed by atoms with Crippen LogP contribution in [0.25, 0.3) is 0 Å². The molecule has 1 rings (SSSR count). The van der Waals surface area contributed by atoms with E-state index in [0.717, 1.165) is 0 Å². The molecule has 54 valence electrons. The zero-order valence-corrected chi connectivity index (χ0v) is 5.54. The fourth-order valence-corrected chi connectivity index (χ4v) is 0.785. The highest BCUT2D eigenvalue weighted by Gasteiger charge is 2.18. The molecule has 0 spiro atoms. The highest BCUT2D eigenvalue weighted by atomic mass is 16.7. The summed E-state index contributed by atoms with van der Waals surface area (Å²) in [7, 11) is 0. The standard InChI is InChI=1S/C6H12O3/c1-5(7)6-2-8-4-9-3-6/h5-7H,2-4H2,1H3. The summed E-state index contributed by atoms with van der Waals surface area (Å²) in [6.45, 7) is 3.38. The van der Waals surface area contributed by atoms with E-state index in [1.165, 1.54) is 0 Å². The number of hydrogen-bond donors (Lipinski definition) is 1. The molecule has 0 radical (unpaired) electrons. The monoisotopic (exact) mass is 132 g/mol. The van der Waals surface area contributed by atoms with Crippen LogP contribution in [0, 0.1) is 5.92 Å². The molecule has 0 aromatic carbocycles. The summed E-state index contributed by atoms with van der Waals surface area (Å²) in [5.74, 6) is 0.166. The summed E-state index contributed by atoms with van der Waals surface area (Å²) in [5, 5.41) is 9.02. The third kappa shape index (κ3) is 1.93. The van der Waals surface area contributed by atoms with E-state index in [1.807, 2.05) is 0 Å². The van der Waals surface area contributed by atoms with Crippen molar-refractivity contribution >= 4 is 0 Å². The molecular weight excluding hydrogens is 120 g/mol. The molecule has 1 N–H and O–H groups in total. The van der Waals surface area contributed by atoms with Crippen LogP contribution in [0.3, 0.4) is 0 Å². The van der Waals surface area contributed by atoms with Crippen LogP contribution in [0.15, 0.2) is 0 Å². The van der Waals surface area contributed by atoms with Gasteiger partial charge in [-0.2, -0.15) is 0 Å². The van der Waals surface area contributed by atoms with Crippen molar-refractivity contribution in [3.63, 3.8) is 0 Å². The van der Waals surface area contributed by atoms with Crippen LogP contribution in [-0.2, 0) is 9.47 Å². The van der Waals surface area contributed by atoms with Crippen LogP contribution in [-0.4, -0.2) is 31.2 Å². The molecular formula is C6H12O3. The van der Waals surface area contributed by atoms with Gasteiger partial charge in [-0.15, -0.1) is 0 Å². The molecule has 3 heteroatoms. The number of ether oxygens (including phenoxy) is 2. The van der Waals surface area contributed by atoms with Crippen molar-refractivity contribution in [2.75, 3.05) is 20.0 Å². The lowest BCUT2D eigenvalue weighted by Crippen LogP contribution is -2.31. The number of rotatable bonds is 1. The Morgan fingerprint density at radius 3 is 2.33 bits per heavy atom. The molecule has 0 aliphatic carbocycles. The van der Waals surface area contributed by atoms with Crippen LogP contribution in [0.1, 0.15) is 6.92 Å². The molecule has 1 atom stereocenters. The van der Waals surface area contributed by atoms with Gasteiger partial charge in [0.15, 0.2) is 0 Å². The molecule has 1 heterocycles. The minimum atomic E-state index is -0.315. The van der Waals surface area contributed by atoms with Gasteiger partial charge in [0.05, 0.1) is 19.3 Å². The van der Waals surface area contributed by atoms with Gasteiger partial charge in [0.25, 0.3) is 0 Å². The number of aliphatic hydroxyl groups excluding tert-OH is 1. The SMILES string of the molecule is CC(O)C1COCOC1. The Hall–Kier alpha value is -0.120. The fourth-order valence-electron chi connectivity index (χ4n) is 0.785. The van der Waals surface area contributed by atoms with E-state index in [1.54, 1.807) is 6.92 Å². The van der Waals surface area contributed by atoms with Crippen molar-refractivity contribution in [2.24, 2.45) is 5.92 Å². The number of aliphatic hydroxyl groups is 1. The van der Waals surface area contributed by atoms with Gasteiger partial charge < -0.3 is 14.6 Å². The second-order valence-corrected chi connectivity index (χ2v) is 2.36. The van der Waals surface area contributed by atoms with E-state index < -0.39 is 0 Å². The first kappa shape index (κ1) is 6.99. The Balaban J connectivity index is 2.23. The maximum absolute atomic E-state index is 9.02. The second-order valence-electron chi connectivity index (χ2n) is 2.36. The third-order valence-electron chi connectivity index (χ3n) is 1.51. The minimum absolute atomic E-state index is 0.166. The Morgan fingerprint density at radius 2 is 2.00 bits per heavy atom. The van der Waals surface area contributed by atoms with E-state index in [4.69, 9.17) is 14.6 Å². The molecule has 0 bridgehead atoms. The third-order valence-corrected chi connectivity index (χ3v) is 1.51. The normalized spacial score (nSPS) is 26.0. The second kappa shape index (κ2) is 3.15. The molecule has 1 unspecified atom stereocenters. The summed E-state index contributed by atoms with van der Waals surface area (Å²) in [6, 6.07) is 0. The molecule has 1 saturated heterocycles. The summed E-state index contributed by atoms with van der Waals surface area (Å²) in [5.41, 5.74) is 0. The molecule has 0 aromatic rings. The predicted molar refractivity (Wildman–Crippen MR) is 31.9 cm³/mol. The van der Waals surface area contributed by atoms with E-state index in [9.17, 15) is 0 Å². The number of hydrogen-bond acceptors (Lipinski definition) is 3. The Kier molecular flexibility index (Phi) is 2.45. The first-order valence-corrected chi connectivity index (χ1v) is 3.14. The van der Waals surface area contributed by atoms with Gasteiger partial charge in [-0.1, -0.05) is 0 Å². The first-order valence-electron chi connectivity index (χ1n) is 3.14. The fraction of sp³-hybridized carbons (Fsp3) is 1.00. The summed E-state index contributed by atoms with van der Waals surface area (Å²) in [6.07, 6.45) is -0.315. The van der Waals surface area contributed by atoms with E-state index in [0.29, 0.717) is 20.0 Å². The molecule has 1 fully saturated rings. The van der Waals surface area contributed by atoms with Gasteiger partial charge in [0.1, 0.15) is 6.79 Å². The maximum Gasteiger partial charge on any atom is 0.146 e. The van der Waals surface area contributed by atoms with E-state index in [-0.39, 0.29) is 12.0 Å². The lowest BCUT2D eigenvalue weighted by Gasteiger charge is -2.24. The molecule has 1 aliphatic heterocycles. The van der Waals surface area contributed by atoms with Crippen molar-refractivity contribution in [1.82, 2.24) is 0 Å². The average Bonchev–Trinajstić information content (AvgIpc) is 1.90. The van der Waals surface area contributed by atoms with Crippen LogP contribution in [0.4, 0.5) is 0 Å². The smallest absolute Gasteiger partial charge is 0.146 e. The molecule has 0 amide bonds. The lowest BCUT2D eigenvalue weighted by molar-refractivity contribution is -0.145. The Bertz CT molecular complexity index is 76.4. The van der Waals surface area contributed by atoms with E-state index >= 15 is 0 Å². The highest BCUT2D eigenvalue weighted by molar-refractivity contribution is 4.64. The van der Waals surface area contributed by atoms with Crippen molar-refractivity contribution < 1.29 is 14.6 Å². The predicted octanol–water partition coefficient (Wildman–Crippen LogP) is -0.0123. The summed E-state index contributed by atoms with van der Waals surface area (Å²) >= 11 is 0. The lowest BCUT2D eigenvalue weighted by atomic mass is 10.1. The van der Waals surface area contributed by atoms with Crippen LogP contribution in [0.2, 0.25) is 0 Å². The van der Waals surface area contributed by atoms with Gasteiger partial charge in [-0.05, 0) is 6.92 Å². The van der Waals surface area contributed by atoms with Crippen molar-refractivity contribution in [2.45, 2.75) is 13.0 Å². The molecule has 0 saturated carbocycles. The van der Waals surface area contributed by atoms with Gasteiger partial charge in [0.2, 0.25) is 0 Å². The average molecular weight is 132 g/mol. The topological polar surface area (TPSA) is 38.7 Å². The zero-order valence-electron chi connectivity index (χ0n) is 5.54.